The second-order valence-corrected chi connectivity index (χ2v) is 4.11. The summed E-state index contributed by atoms with van der Waals surface area (Å²) in [7, 11) is 0. The molecule has 0 amide bonds. The van der Waals surface area contributed by atoms with E-state index in [1.54, 1.807) is 0 Å². The fourth-order valence-electron chi connectivity index (χ4n) is 1.83. The summed E-state index contributed by atoms with van der Waals surface area (Å²) in [5.74, 6) is 1.18. The van der Waals surface area contributed by atoms with E-state index in [9.17, 15) is 0 Å². The molecule has 1 aromatic heterocycles. The maximum Gasteiger partial charge on any atom is 0.225 e. The summed E-state index contributed by atoms with van der Waals surface area (Å²) in [5, 5.41) is 0. The molecule has 1 aliphatic heterocycles. The molecule has 2 N–H and O–H groups in total. The Kier molecular flexibility index (Phi) is 3.16. The predicted octanol–water partition coefficient (Wildman–Crippen LogP) is 1.14. The molecule has 0 aromatic carbocycles. The van der Waals surface area contributed by atoms with Crippen molar-refractivity contribution in [2.75, 3.05) is 24.5 Å². The summed E-state index contributed by atoms with van der Waals surface area (Å²) in [6, 6.07) is 1.96. The monoisotopic (exact) mass is 206 g/mol. The molecule has 0 saturated carbocycles. The van der Waals surface area contributed by atoms with Gasteiger partial charge in [-0.1, -0.05) is 6.92 Å². The fraction of sp³-hybridized carbons (Fsp3) is 0.636. The Morgan fingerprint density at radius 1 is 1.47 bits per heavy atom. The van der Waals surface area contributed by atoms with Gasteiger partial charge in [0.05, 0.1) is 5.69 Å². The van der Waals surface area contributed by atoms with Crippen LogP contribution in [0.3, 0.4) is 0 Å². The van der Waals surface area contributed by atoms with Gasteiger partial charge in [0.15, 0.2) is 0 Å². The van der Waals surface area contributed by atoms with E-state index in [4.69, 9.17) is 5.73 Å². The topological polar surface area (TPSA) is 55.0 Å². The number of hydrogen-bond donors (Lipinski definition) is 1. The normalized spacial score (nSPS) is 18.1. The molecule has 4 nitrogen and oxygen atoms in total. The highest BCUT2D eigenvalue weighted by molar-refractivity contribution is 5.32. The maximum atomic E-state index is 5.63. The zero-order valence-electron chi connectivity index (χ0n) is 9.19. The Hall–Kier alpha value is -1.16. The van der Waals surface area contributed by atoms with Gasteiger partial charge in [0, 0.05) is 31.7 Å². The third-order valence-corrected chi connectivity index (χ3v) is 2.91. The van der Waals surface area contributed by atoms with Crippen LogP contribution in [-0.2, 0) is 0 Å². The molecule has 2 heterocycles. The highest BCUT2D eigenvalue weighted by Gasteiger charge is 2.15. The second kappa shape index (κ2) is 4.57. The number of rotatable bonds is 3. The van der Waals surface area contributed by atoms with Gasteiger partial charge in [-0.2, -0.15) is 0 Å². The fourth-order valence-corrected chi connectivity index (χ4v) is 1.83. The molecule has 1 aromatic rings. The molecule has 1 saturated heterocycles. The van der Waals surface area contributed by atoms with Crippen molar-refractivity contribution in [1.82, 2.24) is 9.97 Å². The van der Waals surface area contributed by atoms with Crippen molar-refractivity contribution in [3.8, 4) is 0 Å². The molecular weight excluding hydrogens is 188 g/mol. The van der Waals surface area contributed by atoms with E-state index in [1.165, 1.54) is 12.8 Å². The maximum absolute atomic E-state index is 5.63. The Labute approximate surface area is 90.5 Å². The molecule has 15 heavy (non-hydrogen) atoms. The lowest BCUT2D eigenvalue weighted by atomic mass is 10.1. The van der Waals surface area contributed by atoms with Crippen molar-refractivity contribution in [3.63, 3.8) is 0 Å². The van der Waals surface area contributed by atoms with Gasteiger partial charge in [0.1, 0.15) is 0 Å². The first-order valence-corrected chi connectivity index (χ1v) is 5.59. The second-order valence-electron chi connectivity index (χ2n) is 4.11. The lowest BCUT2D eigenvalue weighted by Crippen LogP contribution is -2.21. The lowest BCUT2D eigenvalue weighted by Gasteiger charge is -2.16. The highest BCUT2D eigenvalue weighted by atomic mass is 15.3. The van der Waals surface area contributed by atoms with Gasteiger partial charge in [-0.05, 0) is 18.9 Å². The van der Waals surface area contributed by atoms with Gasteiger partial charge < -0.3 is 10.6 Å². The first-order chi connectivity index (χ1) is 7.31. The molecular formula is C11H18N4. The molecule has 1 aliphatic rings. The Morgan fingerprint density at radius 3 is 2.87 bits per heavy atom. The first-order valence-electron chi connectivity index (χ1n) is 5.59. The molecule has 0 radical (unpaired) electrons. The summed E-state index contributed by atoms with van der Waals surface area (Å²) in [5.41, 5.74) is 6.68. The van der Waals surface area contributed by atoms with E-state index in [2.05, 4.69) is 21.8 Å². The van der Waals surface area contributed by atoms with Crippen LogP contribution in [0.4, 0.5) is 5.95 Å². The standard InChI is InChI=1S/C11H18N4/c1-9(8-12)10-4-5-13-11(14-10)15-6-2-3-7-15/h4-5,9H,2-3,6-8,12H2,1H3. The quantitative estimate of drug-likeness (QED) is 0.805. The van der Waals surface area contributed by atoms with Gasteiger partial charge in [0.2, 0.25) is 5.95 Å². The molecule has 1 fully saturated rings. The van der Waals surface area contributed by atoms with E-state index < -0.39 is 0 Å². The van der Waals surface area contributed by atoms with Gasteiger partial charge in [-0.3, -0.25) is 0 Å². The van der Waals surface area contributed by atoms with Crippen LogP contribution < -0.4 is 10.6 Å². The van der Waals surface area contributed by atoms with E-state index in [0.717, 1.165) is 24.7 Å². The van der Waals surface area contributed by atoms with Crippen LogP contribution in [0.5, 0.6) is 0 Å². The van der Waals surface area contributed by atoms with Gasteiger partial charge in [-0.25, -0.2) is 9.97 Å². The van der Waals surface area contributed by atoms with E-state index in [0.29, 0.717) is 12.5 Å². The van der Waals surface area contributed by atoms with Crippen LogP contribution in [0.25, 0.3) is 0 Å². The number of aromatic nitrogens is 2. The highest BCUT2D eigenvalue weighted by Crippen LogP contribution is 2.18. The van der Waals surface area contributed by atoms with Gasteiger partial charge in [0.25, 0.3) is 0 Å². The third kappa shape index (κ3) is 2.26. The molecule has 0 bridgehead atoms. The molecule has 1 atom stereocenters. The largest absolute Gasteiger partial charge is 0.341 e. The number of nitrogens with zero attached hydrogens (tertiary/aromatic N) is 3. The SMILES string of the molecule is CC(CN)c1ccnc(N2CCCC2)n1. The molecule has 0 aliphatic carbocycles. The van der Waals surface area contributed by atoms with Crippen molar-refractivity contribution in [3.05, 3.63) is 18.0 Å². The van der Waals surface area contributed by atoms with Crippen molar-refractivity contribution in [2.45, 2.75) is 25.7 Å². The average molecular weight is 206 g/mol. The van der Waals surface area contributed by atoms with Crippen molar-refractivity contribution in [2.24, 2.45) is 5.73 Å². The van der Waals surface area contributed by atoms with Crippen LogP contribution >= 0.6 is 0 Å². The average Bonchev–Trinajstić information content (AvgIpc) is 2.82. The van der Waals surface area contributed by atoms with E-state index in [1.807, 2.05) is 12.3 Å². The van der Waals surface area contributed by atoms with Crippen molar-refractivity contribution < 1.29 is 0 Å². The number of nitrogens with two attached hydrogens (primary N) is 1. The predicted molar refractivity (Wildman–Crippen MR) is 60.9 cm³/mol. The Bertz CT molecular complexity index is 320. The summed E-state index contributed by atoms with van der Waals surface area (Å²) >= 11 is 0. The lowest BCUT2D eigenvalue weighted by molar-refractivity contribution is 0.734. The van der Waals surface area contributed by atoms with Gasteiger partial charge >= 0.3 is 0 Å². The zero-order valence-corrected chi connectivity index (χ0v) is 9.19. The van der Waals surface area contributed by atoms with Crippen molar-refractivity contribution in [1.29, 1.82) is 0 Å². The summed E-state index contributed by atoms with van der Waals surface area (Å²) in [4.78, 5) is 11.1. The smallest absolute Gasteiger partial charge is 0.225 e. The molecule has 1 unspecified atom stereocenters. The molecule has 82 valence electrons. The number of anilines is 1. The number of hydrogen-bond acceptors (Lipinski definition) is 4. The Morgan fingerprint density at radius 2 is 2.20 bits per heavy atom. The van der Waals surface area contributed by atoms with Crippen LogP contribution in [0.2, 0.25) is 0 Å². The van der Waals surface area contributed by atoms with E-state index >= 15 is 0 Å². The van der Waals surface area contributed by atoms with Gasteiger partial charge in [-0.15, -0.1) is 0 Å². The van der Waals surface area contributed by atoms with Crippen LogP contribution in [-0.4, -0.2) is 29.6 Å². The molecule has 0 spiro atoms. The van der Waals surface area contributed by atoms with Crippen LogP contribution in [0.15, 0.2) is 12.3 Å². The molecule has 4 heteroatoms. The minimum Gasteiger partial charge on any atom is -0.341 e. The van der Waals surface area contributed by atoms with Crippen molar-refractivity contribution >= 4 is 5.95 Å². The Balaban J connectivity index is 2.18. The molecule has 2 rings (SSSR count). The summed E-state index contributed by atoms with van der Waals surface area (Å²) in [6.07, 6.45) is 4.34. The van der Waals surface area contributed by atoms with E-state index in [-0.39, 0.29) is 0 Å². The summed E-state index contributed by atoms with van der Waals surface area (Å²) in [6.45, 7) is 4.90. The first kappa shape index (κ1) is 10.4. The third-order valence-electron chi connectivity index (χ3n) is 2.91. The minimum absolute atomic E-state index is 0.314. The zero-order chi connectivity index (χ0) is 10.7. The summed E-state index contributed by atoms with van der Waals surface area (Å²) < 4.78 is 0. The van der Waals surface area contributed by atoms with Crippen LogP contribution in [0.1, 0.15) is 31.4 Å². The minimum atomic E-state index is 0.314. The van der Waals surface area contributed by atoms with Crippen LogP contribution in [0, 0.1) is 0 Å².